The van der Waals surface area contributed by atoms with Crippen molar-refractivity contribution < 1.29 is 0 Å². The Bertz CT molecular complexity index is 862. The molecule has 0 unspecified atom stereocenters. The van der Waals surface area contributed by atoms with Crippen molar-refractivity contribution in [1.82, 2.24) is 9.97 Å². The van der Waals surface area contributed by atoms with Gasteiger partial charge in [-0.1, -0.05) is 17.7 Å². The molecule has 1 aromatic heterocycles. The Morgan fingerprint density at radius 3 is 2.44 bits per heavy atom. The molecule has 0 aliphatic carbocycles. The third-order valence-electron chi connectivity index (χ3n) is 3.83. The predicted octanol–water partition coefficient (Wildman–Crippen LogP) is 4.99. The summed E-state index contributed by atoms with van der Waals surface area (Å²) in [5.74, 6) is 1.23. The Kier molecular flexibility index (Phi) is 5.05. The SMILES string of the molecule is Cc1c(Cl)cccc1Nc1ccnc(Nc2ccc(N(C)C)cc2)n1. The fourth-order valence-electron chi connectivity index (χ4n) is 2.34. The highest BCUT2D eigenvalue weighted by Crippen LogP contribution is 2.26. The van der Waals surface area contributed by atoms with Crippen LogP contribution in [0, 0.1) is 6.92 Å². The lowest BCUT2D eigenvalue weighted by Crippen LogP contribution is -2.08. The molecule has 6 heteroatoms. The van der Waals surface area contributed by atoms with Gasteiger partial charge < -0.3 is 15.5 Å². The van der Waals surface area contributed by atoms with Crippen molar-refractivity contribution in [2.45, 2.75) is 6.92 Å². The summed E-state index contributed by atoms with van der Waals surface area (Å²) in [6.07, 6.45) is 1.71. The molecule has 0 atom stereocenters. The summed E-state index contributed by atoms with van der Waals surface area (Å²) >= 11 is 6.17. The van der Waals surface area contributed by atoms with Gasteiger partial charge in [-0.3, -0.25) is 0 Å². The molecule has 0 amide bonds. The van der Waals surface area contributed by atoms with E-state index in [0.29, 0.717) is 11.8 Å². The minimum atomic E-state index is 0.530. The van der Waals surface area contributed by atoms with Gasteiger partial charge in [-0.25, -0.2) is 4.98 Å². The van der Waals surface area contributed by atoms with Crippen LogP contribution in [0.5, 0.6) is 0 Å². The molecule has 3 rings (SSSR count). The lowest BCUT2D eigenvalue weighted by Gasteiger charge is -2.13. The minimum absolute atomic E-state index is 0.530. The van der Waals surface area contributed by atoms with Crippen LogP contribution in [0.2, 0.25) is 5.02 Å². The van der Waals surface area contributed by atoms with E-state index in [0.717, 1.165) is 27.6 Å². The van der Waals surface area contributed by atoms with Gasteiger partial charge in [0.15, 0.2) is 0 Å². The maximum absolute atomic E-state index is 6.17. The molecule has 25 heavy (non-hydrogen) atoms. The van der Waals surface area contributed by atoms with E-state index >= 15 is 0 Å². The van der Waals surface area contributed by atoms with E-state index in [9.17, 15) is 0 Å². The van der Waals surface area contributed by atoms with E-state index in [2.05, 4.69) is 25.5 Å². The second kappa shape index (κ2) is 7.40. The highest BCUT2D eigenvalue weighted by molar-refractivity contribution is 6.31. The van der Waals surface area contributed by atoms with Crippen LogP contribution in [0.1, 0.15) is 5.56 Å². The van der Waals surface area contributed by atoms with Gasteiger partial charge in [0.25, 0.3) is 0 Å². The first kappa shape index (κ1) is 17.0. The van der Waals surface area contributed by atoms with E-state index < -0.39 is 0 Å². The van der Waals surface area contributed by atoms with Crippen LogP contribution in [-0.2, 0) is 0 Å². The Labute approximate surface area is 152 Å². The van der Waals surface area contributed by atoms with Gasteiger partial charge in [0, 0.05) is 42.4 Å². The number of anilines is 5. The summed E-state index contributed by atoms with van der Waals surface area (Å²) in [6, 6.07) is 15.6. The quantitative estimate of drug-likeness (QED) is 0.676. The van der Waals surface area contributed by atoms with Crippen molar-refractivity contribution in [1.29, 1.82) is 0 Å². The number of nitrogens with one attached hydrogen (secondary N) is 2. The molecule has 0 aliphatic heterocycles. The first-order chi connectivity index (χ1) is 12.0. The highest BCUT2D eigenvalue weighted by Gasteiger charge is 2.05. The van der Waals surface area contributed by atoms with Crippen LogP contribution < -0.4 is 15.5 Å². The number of rotatable bonds is 5. The van der Waals surface area contributed by atoms with E-state index in [1.54, 1.807) is 6.20 Å². The summed E-state index contributed by atoms with van der Waals surface area (Å²) in [7, 11) is 4.02. The van der Waals surface area contributed by atoms with E-state index in [-0.39, 0.29) is 0 Å². The third kappa shape index (κ3) is 4.19. The normalized spacial score (nSPS) is 10.4. The van der Waals surface area contributed by atoms with Crippen LogP contribution in [0.25, 0.3) is 0 Å². The maximum Gasteiger partial charge on any atom is 0.229 e. The average molecular weight is 354 g/mol. The Hall–Kier alpha value is -2.79. The Morgan fingerprint density at radius 1 is 0.960 bits per heavy atom. The lowest BCUT2D eigenvalue weighted by atomic mass is 10.2. The zero-order valence-electron chi connectivity index (χ0n) is 14.4. The molecule has 0 radical (unpaired) electrons. The van der Waals surface area contributed by atoms with E-state index in [4.69, 9.17) is 11.6 Å². The summed E-state index contributed by atoms with van der Waals surface area (Å²) in [5.41, 5.74) is 3.98. The Morgan fingerprint density at radius 2 is 1.72 bits per heavy atom. The number of nitrogens with zero attached hydrogens (tertiary/aromatic N) is 3. The summed E-state index contributed by atoms with van der Waals surface area (Å²) in [5, 5.41) is 7.22. The van der Waals surface area contributed by atoms with Crippen molar-refractivity contribution >= 4 is 40.4 Å². The van der Waals surface area contributed by atoms with Gasteiger partial charge in [-0.05, 0) is 55.0 Å². The van der Waals surface area contributed by atoms with Crippen LogP contribution >= 0.6 is 11.6 Å². The van der Waals surface area contributed by atoms with Crippen LogP contribution in [0.15, 0.2) is 54.7 Å². The highest BCUT2D eigenvalue weighted by atomic mass is 35.5. The standard InChI is InChI=1S/C19H20ClN5/c1-13-16(20)5-4-6-17(13)23-18-11-12-21-19(24-18)22-14-7-9-15(10-8-14)25(2)3/h4-12H,1-3H3,(H2,21,22,23,24). The smallest absolute Gasteiger partial charge is 0.229 e. The first-order valence-electron chi connectivity index (χ1n) is 7.92. The van der Waals surface area contributed by atoms with Gasteiger partial charge in [0.2, 0.25) is 5.95 Å². The largest absolute Gasteiger partial charge is 0.378 e. The summed E-state index contributed by atoms with van der Waals surface area (Å²) in [4.78, 5) is 10.8. The third-order valence-corrected chi connectivity index (χ3v) is 4.24. The molecule has 0 fully saturated rings. The Balaban J connectivity index is 1.76. The van der Waals surface area contributed by atoms with E-state index in [1.165, 1.54) is 0 Å². The van der Waals surface area contributed by atoms with Crippen LogP contribution in [-0.4, -0.2) is 24.1 Å². The second-order valence-electron chi connectivity index (χ2n) is 5.87. The van der Waals surface area contributed by atoms with Gasteiger partial charge in [-0.15, -0.1) is 0 Å². The van der Waals surface area contributed by atoms with Crippen molar-refractivity contribution in [3.8, 4) is 0 Å². The first-order valence-corrected chi connectivity index (χ1v) is 8.30. The molecule has 0 saturated heterocycles. The molecular weight excluding hydrogens is 334 g/mol. The number of aromatic nitrogens is 2. The molecule has 0 spiro atoms. The molecule has 5 nitrogen and oxygen atoms in total. The zero-order valence-corrected chi connectivity index (χ0v) is 15.2. The molecule has 3 aromatic rings. The summed E-state index contributed by atoms with van der Waals surface area (Å²) in [6.45, 7) is 1.97. The molecule has 2 aromatic carbocycles. The van der Waals surface area contributed by atoms with E-state index in [1.807, 2.05) is 69.6 Å². The van der Waals surface area contributed by atoms with Crippen molar-refractivity contribution in [3.05, 3.63) is 65.3 Å². The molecular formula is C19H20ClN5. The molecule has 0 bridgehead atoms. The van der Waals surface area contributed by atoms with Gasteiger partial charge in [0.1, 0.15) is 5.82 Å². The molecule has 0 saturated carbocycles. The van der Waals surface area contributed by atoms with Crippen molar-refractivity contribution in [2.75, 3.05) is 29.6 Å². The molecule has 1 heterocycles. The van der Waals surface area contributed by atoms with Crippen molar-refractivity contribution in [3.63, 3.8) is 0 Å². The predicted molar refractivity (Wildman–Crippen MR) is 106 cm³/mol. The number of halogens is 1. The van der Waals surface area contributed by atoms with Crippen LogP contribution in [0.4, 0.5) is 28.8 Å². The lowest BCUT2D eigenvalue weighted by molar-refractivity contribution is 1.13. The molecule has 2 N–H and O–H groups in total. The van der Waals surface area contributed by atoms with Gasteiger partial charge in [0.05, 0.1) is 0 Å². The molecule has 128 valence electrons. The number of hydrogen-bond donors (Lipinski definition) is 2. The second-order valence-corrected chi connectivity index (χ2v) is 6.28. The topological polar surface area (TPSA) is 53.1 Å². The average Bonchev–Trinajstić information content (AvgIpc) is 2.60. The summed E-state index contributed by atoms with van der Waals surface area (Å²) < 4.78 is 0. The molecule has 0 aliphatic rings. The maximum atomic E-state index is 6.17. The fourth-order valence-corrected chi connectivity index (χ4v) is 2.52. The fraction of sp³-hybridized carbons (Fsp3) is 0.158. The van der Waals surface area contributed by atoms with Crippen LogP contribution in [0.3, 0.4) is 0 Å². The minimum Gasteiger partial charge on any atom is -0.378 e. The zero-order chi connectivity index (χ0) is 17.8. The van der Waals surface area contributed by atoms with Gasteiger partial charge >= 0.3 is 0 Å². The monoisotopic (exact) mass is 353 g/mol. The van der Waals surface area contributed by atoms with Crippen molar-refractivity contribution in [2.24, 2.45) is 0 Å². The number of hydrogen-bond acceptors (Lipinski definition) is 5. The van der Waals surface area contributed by atoms with Gasteiger partial charge in [-0.2, -0.15) is 4.98 Å². The number of benzene rings is 2.